The van der Waals surface area contributed by atoms with Crippen LogP contribution in [0, 0.1) is 11.8 Å². The van der Waals surface area contributed by atoms with Crippen LogP contribution in [0.2, 0.25) is 0 Å². The minimum Gasteiger partial charge on any atom is -0.458 e. The van der Waals surface area contributed by atoms with Gasteiger partial charge >= 0.3 is 5.97 Å². The number of hydrogen-bond acceptors (Lipinski definition) is 5. The molecule has 0 amide bonds. The predicted molar refractivity (Wildman–Crippen MR) is 141 cm³/mol. The first-order chi connectivity index (χ1) is 18.0. The van der Waals surface area contributed by atoms with Gasteiger partial charge in [0.1, 0.15) is 6.61 Å². The van der Waals surface area contributed by atoms with Crippen molar-refractivity contribution in [2.45, 2.75) is 51.4 Å². The summed E-state index contributed by atoms with van der Waals surface area (Å²) < 4.78 is 6.81. The Labute approximate surface area is 214 Å². The third-order valence-electron chi connectivity index (χ3n) is 7.39. The number of esters is 1. The maximum Gasteiger partial charge on any atom is 0.343 e. The number of carbonyl (C=O) groups is 1. The van der Waals surface area contributed by atoms with Gasteiger partial charge in [0, 0.05) is 28.5 Å². The third kappa shape index (κ3) is 3.83. The minimum absolute atomic E-state index is 0.118. The first-order valence-electron chi connectivity index (χ1n) is 12.6. The number of aryl methyl sites for hydroxylation is 1. The lowest BCUT2D eigenvalue weighted by Crippen LogP contribution is -2.44. The minimum atomic E-state index is -1.83. The highest BCUT2D eigenvalue weighted by molar-refractivity contribution is 5.89. The molecule has 2 aromatic heterocycles. The molecule has 6 rings (SSSR count). The Morgan fingerprint density at radius 1 is 1.11 bits per heavy atom. The quantitative estimate of drug-likeness (QED) is 0.229. The van der Waals surface area contributed by atoms with Crippen LogP contribution in [0.1, 0.15) is 54.0 Å². The van der Waals surface area contributed by atoms with Crippen LogP contribution in [0.25, 0.3) is 22.3 Å². The van der Waals surface area contributed by atoms with Gasteiger partial charge in [0.2, 0.25) is 0 Å². The van der Waals surface area contributed by atoms with Crippen molar-refractivity contribution in [3.63, 3.8) is 0 Å². The third-order valence-corrected chi connectivity index (χ3v) is 7.39. The lowest BCUT2D eigenvalue weighted by molar-refractivity contribution is -0.172. The molecule has 2 aliphatic heterocycles. The second-order valence-electron chi connectivity index (χ2n) is 9.61. The standard InChI is InChI=1S/C31H26N2O4/c1-2-31(36)25-17-27-28-22(18-33(27)29(34)24(25)19-37-30(31)35)16-23-21(14-9-15-26(23)32-28)13-8-4-7-12-20-10-5-3-6-11-20/h3,5-6,9-11,14-17,36H,2,4,7,12,18-19H2,1H3/t31-/m0/s1. The molecule has 1 atom stereocenters. The molecule has 0 fully saturated rings. The summed E-state index contributed by atoms with van der Waals surface area (Å²) in [7, 11) is 0. The molecule has 1 N–H and O–H groups in total. The number of hydrogen-bond donors (Lipinski definition) is 1. The van der Waals surface area contributed by atoms with E-state index in [1.54, 1.807) is 17.6 Å². The molecule has 0 saturated carbocycles. The average molecular weight is 491 g/mol. The summed E-state index contributed by atoms with van der Waals surface area (Å²) >= 11 is 0. The zero-order valence-electron chi connectivity index (χ0n) is 20.6. The first-order valence-corrected chi connectivity index (χ1v) is 12.6. The molecule has 0 aliphatic carbocycles. The Bertz CT molecular complexity index is 1680. The van der Waals surface area contributed by atoms with Crippen LogP contribution in [0.4, 0.5) is 0 Å². The van der Waals surface area contributed by atoms with E-state index >= 15 is 0 Å². The predicted octanol–water partition coefficient (Wildman–Crippen LogP) is 4.45. The molecule has 6 nitrogen and oxygen atoms in total. The Hall–Kier alpha value is -4.21. The van der Waals surface area contributed by atoms with E-state index in [1.165, 1.54) is 5.56 Å². The lowest BCUT2D eigenvalue weighted by Gasteiger charge is -2.31. The Kier molecular flexibility index (Phi) is 5.66. The number of aliphatic hydroxyl groups is 1. The molecule has 4 heterocycles. The van der Waals surface area contributed by atoms with Crippen LogP contribution in [-0.4, -0.2) is 20.6 Å². The molecule has 0 bridgehead atoms. The van der Waals surface area contributed by atoms with Crippen molar-refractivity contribution in [2.24, 2.45) is 0 Å². The molecule has 2 aliphatic rings. The van der Waals surface area contributed by atoms with Crippen LogP contribution in [0.5, 0.6) is 0 Å². The lowest BCUT2D eigenvalue weighted by atomic mass is 9.86. The highest BCUT2D eigenvalue weighted by atomic mass is 16.6. The van der Waals surface area contributed by atoms with Gasteiger partial charge in [-0.15, -0.1) is 0 Å². The van der Waals surface area contributed by atoms with E-state index in [0.717, 1.165) is 41.3 Å². The van der Waals surface area contributed by atoms with Crippen LogP contribution < -0.4 is 5.56 Å². The topological polar surface area (TPSA) is 81.4 Å². The van der Waals surface area contributed by atoms with Gasteiger partial charge < -0.3 is 14.4 Å². The Morgan fingerprint density at radius 2 is 1.95 bits per heavy atom. The number of rotatable bonds is 4. The van der Waals surface area contributed by atoms with Gasteiger partial charge in [-0.3, -0.25) is 4.79 Å². The number of pyridine rings is 2. The van der Waals surface area contributed by atoms with E-state index in [1.807, 2.05) is 24.3 Å². The molecule has 0 spiro atoms. The van der Waals surface area contributed by atoms with Gasteiger partial charge in [0.15, 0.2) is 5.60 Å². The van der Waals surface area contributed by atoms with E-state index < -0.39 is 11.6 Å². The second-order valence-corrected chi connectivity index (χ2v) is 9.61. The fraction of sp³-hybridized carbons (Fsp3) is 0.258. The van der Waals surface area contributed by atoms with Crippen molar-refractivity contribution in [3.8, 4) is 23.2 Å². The van der Waals surface area contributed by atoms with Crippen LogP contribution in [0.15, 0.2) is 65.5 Å². The van der Waals surface area contributed by atoms with E-state index in [0.29, 0.717) is 29.1 Å². The van der Waals surface area contributed by atoms with Crippen molar-refractivity contribution >= 4 is 16.9 Å². The molecular formula is C31H26N2O4. The molecule has 0 saturated heterocycles. The van der Waals surface area contributed by atoms with Gasteiger partial charge in [0.25, 0.3) is 5.56 Å². The molecule has 2 aromatic carbocycles. The first kappa shape index (κ1) is 23.2. The van der Waals surface area contributed by atoms with Crippen molar-refractivity contribution < 1.29 is 14.6 Å². The van der Waals surface area contributed by atoms with E-state index in [4.69, 9.17) is 9.72 Å². The second kappa shape index (κ2) is 9.02. The Balaban J connectivity index is 1.34. The summed E-state index contributed by atoms with van der Waals surface area (Å²) in [5.74, 6) is 5.91. The van der Waals surface area contributed by atoms with Gasteiger partial charge in [-0.1, -0.05) is 55.2 Å². The number of aromatic nitrogens is 2. The van der Waals surface area contributed by atoms with Gasteiger partial charge in [-0.2, -0.15) is 0 Å². The zero-order chi connectivity index (χ0) is 25.6. The number of fused-ring (bicyclic) bond motifs is 5. The van der Waals surface area contributed by atoms with E-state index in [-0.39, 0.29) is 18.6 Å². The highest BCUT2D eigenvalue weighted by Crippen LogP contribution is 2.38. The summed E-state index contributed by atoms with van der Waals surface area (Å²) in [6.07, 6.45) is 2.92. The molecule has 6 heteroatoms. The number of benzene rings is 2. The zero-order valence-corrected chi connectivity index (χ0v) is 20.6. The summed E-state index contributed by atoms with van der Waals surface area (Å²) in [6.45, 7) is 1.94. The molecule has 0 radical (unpaired) electrons. The molecular weight excluding hydrogens is 464 g/mol. The summed E-state index contributed by atoms with van der Waals surface area (Å²) in [6, 6.07) is 20.1. The van der Waals surface area contributed by atoms with Crippen LogP contribution in [0.3, 0.4) is 0 Å². The van der Waals surface area contributed by atoms with E-state index in [2.05, 4.69) is 42.2 Å². The van der Waals surface area contributed by atoms with Crippen molar-refractivity contribution in [2.75, 3.05) is 0 Å². The Morgan fingerprint density at radius 3 is 2.76 bits per heavy atom. The monoisotopic (exact) mass is 490 g/mol. The fourth-order valence-electron chi connectivity index (χ4n) is 5.29. The maximum absolute atomic E-state index is 13.4. The molecule has 4 aromatic rings. The van der Waals surface area contributed by atoms with Crippen molar-refractivity contribution in [1.29, 1.82) is 0 Å². The fourth-order valence-corrected chi connectivity index (χ4v) is 5.29. The summed E-state index contributed by atoms with van der Waals surface area (Å²) in [5.41, 5.74) is 3.81. The van der Waals surface area contributed by atoms with Gasteiger partial charge in [0.05, 0.1) is 29.0 Å². The van der Waals surface area contributed by atoms with Gasteiger partial charge in [-0.05, 0) is 49.1 Å². The van der Waals surface area contributed by atoms with Crippen molar-refractivity contribution in [1.82, 2.24) is 9.55 Å². The number of nitrogens with zero attached hydrogens (tertiary/aromatic N) is 2. The largest absolute Gasteiger partial charge is 0.458 e. The smallest absolute Gasteiger partial charge is 0.343 e. The number of unbranched alkanes of at least 4 members (excludes halogenated alkanes) is 1. The number of ether oxygens (including phenoxy) is 1. The van der Waals surface area contributed by atoms with Gasteiger partial charge in [-0.25, -0.2) is 9.78 Å². The SMILES string of the molecule is CC[C@@]1(O)C(=O)OCc2c1cc1n(c2=O)Cc2cc3c(C#CCCCc4ccccc4)cccc3nc2-1. The summed E-state index contributed by atoms with van der Waals surface area (Å²) in [5, 5.41) is 12.0. The van der Waals surface area contributed by atoms with Crippen molar-refractivity contribution in [3.05, 3.63) is 98.8 Å². The molecule has 37 heavy (non-hydrogen) atoms. The molecule has 0 unspecified atom stereocenters. The number of cyclic esters (lactones) is 1. The number of carbonyl (C=O) groups excluding carboxylic acids is 1. The summed E-state index contributed by atoms with van der Waals surface area (Å²) in [4.78, 5) is 30.6. The highest BCUT2D eigenvalue weighted by Gasteiger charge is 2.45. The van der Waals surface area contributed by atoms with Crippen LogP contribution in [-0.2, 0) is 34.7 Å². The maximum atomic E-state index is 13.4. The van der Waals surface area contributed by atoms with Crippen LogP contribution >= 0.6 is 0 Å². The normalized spacial score (nSPS) is 17.4. The van der Waals surface area contributed by atoms with E-state index in [9.17, 15) is 14.7 Å². The molecule has 184 valence electrons. The average Bonchev–Trinajstić information content (AvgIpc) is 3.28.